The second kappa shape index (κ2) is 10.6. The van der Waals surface area contributed by atoms with Gasteiger partial charge in [0.1, 0.15) is 0 Å². The molecular formula is C44H29OP. The molecule has 0 saturated carbocycles. The second-order valence-electron chi connectivity index (χ2n) is 12.0. The van der Waals surface area contributed by atoms with E-state index >= 15 is 4.57 Å². The van der Waals surface area contributed by atoms with Gasteiger partial charge in [-0.3, -0.25) is 0 Å². The molecule has 0 saturated heterocycles. The highest BCUT2D eigenvalue weighted by molar-refractivity contribution is 7.85. The minimum atomic E-state index is -3.18. The molecule has 0 bridgehead atoms. The Morgan fingerprint density at radius 2 is 0.913 bits per heavy atom. The van der Waals surface area contributed by atoms with Crippen LogP contribution in [0.2, 0.25) is 0 Å². The molecule has 0 spiro atoms. The molecule has 1 nitrogen and oxygen atoms in total. The first-order valence-electron chi connectivity index (χ1n) is 15.7. The molecule has 9 aromatic rings. The fourth-order valence-electron chi connectivity index (χ4n) is 7.32. The Morgan fingerprint density at radius 1 is 0.348 bits per heavy atom. The van der Waals surface area contributed by atoms with Crippen molar-refractivity contribution >= 4 is 76.9 Å². The Bertz CT molecular complexity index is 2650. The van der Waals surface area contributed by atoms with Crippen LogP contribution in [0.25, 0.3) is 65.0 Å². The minimum absolute atomic E-state index is 0.834. The Labute approximate surface area is 267 Å². The van der Waals surface area contributed by atoms with E-state index in [1.165, 1.54) is 48.7 Å². The topological polar surface area (TPSA) is 17.1 Å². The summed E-state index contributed by atoms with van der Waals surface area (Å²) in [6.45, 7) is 0. The Kier molecular flexibility index (Phi) is 6.17. The second-order valence-corrected chi connectivity index (χ2v) is 14.7. The highest BCUT2D eigenvalue weighted by Crippen LogP contribution is 2.45. The van der Waals surface area contributed by atoms with E-state index in [4.69, 9.17) is 0 Å². The van der Waals surface area contributed by atoms with Crippen molar-refractivity contribution in [1.29, 1.82) is 0 Å². The summed E-state index contributed by atoms with van der Waals surface area (Å²) in [7, 11) is -3.18. The van der Waals surface area contributed by atoms with Crippen LogP contribution in [-0.4, -0.2) is 0 Å². The number of rotatable bonds is 4. The molecule has 0 fully saturated rings. The summed E-state index contributed by atoms with van der Waals surface area (Å²) < 4.78 is 15.5. The molecular weight excluding hydrogens is 575 g/mol. The monoisotopic (exact) mass is 604 g/mol. The van der Waals surface area contributed by atoms with Crippen molar-refractivity contribution in [2.45, 2.75) is 0 Å². The van der Waals surface area contributed by atoms with Gasteiger partial charge in [-0.2, -0.15) is 0 Å². The van der Waals surface area contributed by atoms with E-state index in [1.807, 2.05) is 54.6 Å². The average molecular weight is 605 g/mol. The Balaban J connectivity index is 1.27. The molecule has 9 aromatic carbocycles. The summed E-state index contributed by atoms with van der Waals surface area (Å²) in [4.78, 5) is 0. The quantitative estimate of drug-likeness (QED) is 0.144. The standard InChI is InChI=1S/C44H29OP/c45-46(34-15-2-1-3-16-34,43-20-10-14-30-11-5-8-18-37(30)43)35-24-21-32(22-25-35)42-29-33-13-6-9-19-38(33)44-40-26-23-31-12-4-7-17-36(31)39(40)27-28-41(42)44/h1-29H. The SMILES string of the molecule is O=P(c1ccccc1)(c1ccc(-c2cc3ccccc3c3c2ccc2c4ccccc4ccc23)cc1)c1cccc2ccccc12. The lowest BCUT2D eigenvalue weighted by Crippen LogP contribution is -2.25. The molecule has 1 unspecified atom stereocenters. The van der Waals surface area contributed by atoms with Crippen LogP contribution >= 0.6 is 7.14 Å². The Morgan fingerprint density at radius 3 is 1.70 bits per heavy atom. The van der Waals surface area contributed by atoms with E-state index in [0.717, 1.165) is 32.2 Å². The van der Waals surface area contributed by atoms with Crippen LogP contribution in [0, 0.1) is 0 Å². The van der Waals surface area contributed by atoms with Gasteiger partial charge in [0.2, 0.25) is 0 Å². The first-order chi connectivity index (χ1) is 22.7. The van der Waals surface area contributed by atoms with Crippen LogP contribution in [0.4, 0.5) is 0 Å². The van der Waals surface area contributed by atoms with Crippen molar-refractivity contribution in [2.24, 2.45) is 0 Å². The van der Waals surface area contributed by atoms with E-state index in [9.17, 15) is 0 Å². The highest BCUT2D eigenvalue weighted by Gasteiger charge is 2.31. The number of fused-ring (bicyclic) bond motifs is 8. The van der Waals surface area contributed by atoms with Crippen molar-refractivity contribution in [1.82, 2.24) is 0 Å². The lowest BCUT2D eigenvalue weighted by Gasteiger charge is -2.22. The van der Waals surface area contributed by atoms with Crippen LogP contribution in [0.1, 0.15) is 0 Å². The first-order valence-corrected chi connectivity index (χ1v) is 17.4. The van der Waals surface area contributed by atoms with Crippen LogP contribution in [0.5, 0.6) is 0 Å². The Hall–Kier alpha value is -5.49. The summed E-state index contributed by atoms with van der Waals surface area (Å²) >= 11 is 0. The molecule has 0 N–H and O–H groups in total. The fourth-order valence-corrected chi connectivity index (χ4v) is 10.2. The molecule has 9 rings (SSSR count). The molecule has 0 aliphatic heterocycles. The maximum Gasteiger partial charge on any atom is 0.171 e. The van der Waals surface area contributed by atoms with Gasteiger partial charge in [0.25, 0.3) is 0 Å². The normalized spacial score (nSPS) is 13.0. The van der Waals surface area contributed by atoms with Gasteiger partial charge in [0.05, 0.1) is 0 Å². The zero-order valence-electron chi connectivity index (χ0n) is 25.1. The average Bonchev–Trinajstić information content (AvgIpc) is 3.14. The lowest BCUT2D eigenvalue weighted by molar-refractivity contribution is 0.592. The summed E-state index contributed by atoms with van der Waals surface area (Å²) in [6.07, 6.45) is 0. The molecule has 216 valence electrons. The van der Waals surface area contributed by atoms with Crippen molar-refractivity contribution in [3.8, 4) is 11.1 Å². The van der Waals surface area contributed by atoms with E-state index in [-0.39, 0.29) is 0 Å². The van der Waals surface area contributed by atoms with Gasteiger partial charge >= 0.3 is 0 Å². The van der Waals surface area contributed by atoms with E-state index in [0.29, 0.717) is 0 Å². The van der Waals surface area contributed by atoms with Crippen molar-refractivity contribution in [3.05, 3.63) is 176 Å². The summed E-state index contributed by atoms with van der Waals surface area (Å²) in [5, 5.41) is 14.7. The first kappa shape index (κ1) is 26.9. The molecule has 0 aromatic heterocycles. The van der Waals surface area contributed by atoms with Crippen LogP contribution in [-0.2, 0) is 4.57 Å². The number of benzene rings is 9. The van der Waals surface area contributed by atoms with Gasteiger partial charge in [-0.25, -0.2) is 0 Å². The van der Waals surface area contributed by atoms with Gasteiger partial charge in [0.15, 0.2) is 7.14 Å². The van der Waals surface area contributed by atoms with Crippen LogP contribution in [0.15, 0.2) is 176 Å². The third kappa shape index (κ3) is 4.06. The minimum Gasteiger partial charge on any atom is -0.309 e. The molecule has 0 aliphatic rings. The summed E-state index contributed by atoms with van der Waals surface area (Å²) in [5.74, 6) is 0. The van der Waals surface area contributed by atoms with E-state index < -0.39 is 7.14 Å². The summed E-state index contributed by atoms with van der Waals surface area (Å²) in [6, 6.07) is 61.5. The predicted molar refractivity (Wildman–Crippen MR) is 199 cm³/mol. The highest BCUT2D eigenvalue weighted by atomic mass is 31.2. The fraction of sp³-hybridized carbons (Fsp3) is 0. The van der Waals surface area contributed by atoms with E-state index in [2.05, 4.69) is 121 Å². The van der Waals surface area contributed by atoms with Crippen LogP contribution < -0.4 is 15.9 Å². The maximum absolute atomic E-state index is 15.5. The number of hydrogen-bond acceptors (Lipinski definition) is 1. The largest absolute Gasteiger partial charge is 0.309 e. The molecule has 46 heavy (non-hydrogen) atoms. The zero-order chi connectivity index (χ0) is 30.7. The van der Waals surface area contributed by atoms with Crippen LogP contribution in [0.3, 0.4) is 0 Å². The molecule has 0 heterocycles. The van der Waals surface area contributed by atoms with Gasteiger partial charge in [-0.15, -0.1) is 0 Å². The van der Waals surface area contributed by atoms with Crippen molar-refractivity contribution in [2.75, 3.05) is 0 Å². The molecule has 2 heteroatoms. The van der Waals surface area contributed by atoms with E-state index in [1.54, 1.807) is 0 Å². The molecule has 0 aliphatic carbocycles. The molecule has 0 amide bonds. The zero-order valence-corrected chi connectivity index (χ0v) is 26.0. The predicted octanol–water partition coefficient (Wildman–Crippen LogP) is 10.8. The number of hydrogen-bond donors (Lipinski definition) is 0. The maximum atomic E-state index is 15.5. The summed E-state index contributed by atoms with van der Waals surface area (Å²) in [5.41, 5.74) is 2.28. The van der Waals surface area contributed by atoms with Gasteiger partial charge in [-0.05, 0) is 71.1 Å². The molecule has 1 atom stereocenters. The third-order valence-corrected chi connectivity index (χ3v) is 12.6. The van der Waals surface area contributed by atoms with Gasteiger partial charge < -0.3 is 4.57 Å². The van der Waals surface area contributed by atoms with Crippen molar-refractivity contribution < 1.29 is 4.57 Å². The molecule has 0 radical (unpaired) electrons. The van der Waals surface area contributed by atoms with Gasteiger partial charge in [0, 0.05) is 15.9 Å². The van der Waals surface area contributed by atoms with Gasteiger partial charge in [-0.1, -0.05) is 170 Å². The van der Waals surface area contributed by atoms with Crippen molar-refractivity contribution in [3.63, 3.8) is 0 Å². The third-order valence-electron chi connectivity index (χ3n) is 9.51. The lowest BCUT2D eigenvalue weighted by atomic mass is 9.89. The smallest absolute Gasteiger partial charge is 0.171 e.